The van der Waals surface area contributed by atoms with Crippen molar-refractivity contribution in [2.24, 2.45) is 0 Å². The number of unbranched alkanes of at least 4 members (excludes halogenated alkanes) is 2. The van der Waals surface area contributed by atoms with Gasteiger partial charge in [-0.3, -0.25) is 0 Å². The highest BCUT2D eigenvalue weighted by Gasteiger charge is 2.14. The predicted molar refractivity (Wildman–Crippen MR) is 76.4 cm³/mol. The van der Waals surface area contributed by atoms with Crippen LogP contribution < -0.4 is 5.32 Å². The number of amides is 2. The van der Waals surface area contributed by atoms with Crippen molar-refractivity contribution in [3.8, 4) is 0 Å². The van der Waals surface area contributed by atoms with Crippen molar-refractivity contribution in [3.05, 3.63) is 23.5 Å². The molecule has 0 fully saturated rings. The Hall–Kier alpha value is -1.33. The predicted octanol–water partition coefficient (Wildman–Crippen LogP) is 2.75. The lowest BCUT2D eigenvalue weighted by molar-refractivity contribution is 0.187. The first kappa shape index (κ1) is 15.7. The van der Waals surface area contributed by atoms with Crippen LogP contribution in [0.4, 0.5) is 10.5 Å². The standard InChI is InChI=1S/C13H20ClN3O2/c1-2-3-4-8-17(9-10-18)13(19)16-11-6-5-7-15-12(11)14/h5-7,18H,2-4,8-10H2,1H3,(H,16,19). The number of carbonyl (C=O) groups excluding carboxylic acids is 1. The van der Waals surface area contributed by atoms with Crippen molar-refractivity contribution >= 4 is 23.3 Å². The molecule has 0 bridgehead atoms. The highest BCUT2D eigenvalue weighted by molar-refractivity contribution is 6.32. The molecule has 1 heterocycles. The minimum absolute atomic E-state index is 0.0552. The summed E-state index contributed by atoms with van der Waals surface area (Å²) in [5.41, 5.74) is 0.479. The van der Waals surface area contributed by atoms with Crippen LogP contribution in [-0.2, 0) is 0 Å². The second kappa shape index (κ2) is 8.72. The normalized spacial score (nSPS) is 10.3. The molecule has 106 valence electrons. The summed E-state index contributed by atoms with van der Waals surface area (Å²) in [7, 11) is 0. The monoisotopic (exact) mass is 285 g/mol. The molecule has 0 unspecified atom stereocenters. The fourth-order valence-electron chi connectivity index (χ4n) is 1.66. The van der Waals surface area contributed by atoms with Crippen LogP contribution in [0.2, 0.25) is 5.15 Å². The van der Waals surface area contributed by atoms with E-state index in [-0.39, 0.29) is 17.8 Å². The van der Waals surface area contributed by atoms with Gasteiger partial charge in [-0.2, -0.15) is 0 Å². The maximum absolute atomic E-state index is 12.1. The number of pyridine rings is 1. The first-order valence-electron chi connectivity index (χ1n) is 6.46. The number of aromatic nitrogens is 1. The molecule has 1 rings (SSSR count). The van der Waals surface area contributed by atoms with Crippen LogP contribution in [0.25, 0.3) is 0 Å². The van der Waals surface area contributed by atoms with Crippen LogP contribution in [0.3, 0.4) is 0 Å². The van der Waals surface area contributed by atoms with Gasteiger partial charge in [-0.15, -0.1) is 0 Å². The Morgan fingerprint density at radius 1 is 1.47 bits per heavy atom. The Bertz CT molecular complexity index is 401. The van der Waals surface area contributed by atoms with E-state index in [4.69, 9.17) is 16.7 Å². The van der Waals surface area contributed by atoms with Gasteiger partial charge in [0.05, 0.1) is 12.3 Å². The number of hydrogen-bond acceptors (Lipinski definition) is 3. The number of rotatable bonds is 7. The number of aliphatic hydroxyl groups excluding tert-OH is 1. The molecule has 0 aromatic carbocycles. The maximum atomic E-state index is 12.1. The summed E-state index contributed by atoms with van der Waals surface area (Å²) in [6, 6.07) is 3.13. The van der Waals surface area contributed by atoms with Gasteiger partial charge in [0.2, 0.25) is 0 Å². The minimum atomic E-state index is -0.264. The summed E-state index contributed by atoms with van der Waals surface area (Å²) in [6.07, 6.45) is 4.63. The van der Waals surface area contributed by atoms with E-state index < -0.39 is 0 Å². The van der Waals surface area contributed by atoms with Crippen LogP contribution in [0.5, 0.6) is 0 Å². The largest absolute Gasteiger partial charge is 0.395 e. The van der Waals surface area contributed by atoms with Gasteiger partial charge in [-0.1, -0.05) is 31.4 Å². The molecule has 1 aromatic heterocycles. The van der Waals surface area contributed by atoms with Crippen LogP contribution >= 0.6 is 11.6 Å². The summed E-state index contributed by atoms with van der Waals surface area (Å²) >= 11 is 5.88. The molecule has 1 aromatic rings. The molecule has 0 radical (unpaired) electrons. The third kappa shape index (κ3) is 5.44. The third-order valence-corrected chi connectivity index (χ3v) is 2.99. The molecule has 0 aliphatic heterocycles. The van der Waals surface area contributed by atoms with Gasteiger partial charge in [0.1, 0.15) is 0 Å². The molecule has 0 spiro atoms. The minimum Gasteiger partial charge on any atom is -0.395 e. The van der Waals surface area contributed by atoms with Gasteiger partial charge >= 0.3 is 6.03 Å². The van der Waals surface area contributed by atoms with E-state index in [9.17, 15) is 4.79 Å². The number of anilines is 1. The number of aliphatic hydroxyl groups is 1. The molecule has 6 heteroatoms. The molecule has 0 aliphatic rings. The second-order valence-corrected chi connectivity index (χ2v) is 4.55. The van der Waals surface area contributed by atoms with Gasteiger partial charge in [0.15, 0.2) is 5.15 Å². The Kier molecular flexibility index (Phi) is 7.22. The van der Waals surface area contributed by atoms with Gasteiger partial charge in [0.25, 0.3) is 0 Å². The molecule has 0 aliphatic carbocycles. The van der Waals surface area contributed by atoms with E-state index in [0.717, 1.165) is 19.3 Å². The van der Waals surface area contributed by atoms with E-state index in [1.807, 2.05) is 0 Å². The Morgan fingerprint density at radius 3 is 2.89 bits per heavy atom. The highest BCUT2D eigenvalue weighted by atomic mass is 35.5. The van der Waals surface area contributed by atoms with Crippen molar-refractivity contribution in [3.63, 3.8) is 0 Å². The van der Waals surface area contributed by atoms with Gasteiger partial charge < -0.3 is 15.3 Å². The summed E-state index contributed by atoms with van der Waals surface area (Å²) in [5.74, 6) is 0. The molecule has 2 amide bonds. The lowest BCUT2D eigenvalue weighted by Gasteiger charge is -2.22. The Labute approximate surface area is 118 Å². The van der Waals surface area contributed by atoms with Crippen LogP contribution in [0.15, 0.2) is 18.3 Å². The lowest BCUT2D eigenvalue weighted by atomic mass is 10.2. The lowest BCUT2D eigenvalue weighted by Crippen LogP contribution is -2.37. The summed E-state index contributed by atoms with van der Waals surface area (Å²) in [4.78, 5) is 17.5. The van der Waals surface area contributed by atoms with Crippen LogP contribution in [-0.4, -0.2) is 40.7 Å². The number of nitrogens with zero attached hydrogens (tertiary/aromatic N) is 2. The first-order chi connectivity index (χ1) is 9.19. The van der Waals surface area contributed by atoms with Crippen molar-refractivity contribution in [1.29, 1.82) is 0 Å². The zero-order chi connectivity index (χ0) is 14.1. The van der Waals surface area contributed by atoms with E-state index in [1.165, 1.54) is 0 Å². The fraction of sp³-hybridized carbons (Fsp3) is 0.538. The molecule has 0 atom stereocenters. The molecule has 0 saturated heterocycles. The molecule has 0 saturated carbocycles. The summed E-state index contributed by atoms with van der Waals surface area (Å²) in [5, 5.41) is 12.0. The second-order valence-electron chi connectivity index (χ2n) is 4.19. The Balaban J connectivity index is 2.58. The zero-order valence-electron chi connectivity index (χ0n) is 11.1. The van der Waals surface area contributed by atoms with Crippen molar-refractivity contribution < 1.29 is 9.90 Å². The number of urea groups is 1. The van der Waals surface area contributed by atoms with E-state index in [2.05, 4.69) is 17.2 Å². The van der Waals surface area contributed by atoms with E-state index >= 15 is 0 Å². The SMILES string of the molecule is CCCCCN(CCO)C(=O)Nc1cccnc1Cl. The van der Waals surface area contributed by atoms with E-state index in [0.29, 0.717) is 18.8 Å². The van der Waals surface area contributed by atoms with Crippen LogP contribution in [0, 0.1) is 0 Å². The van der Waals surface area contributed by atoms with Gasteiger partial charge in [-0.25, -0.2) is 9.78 Å². The number of nitrogens with one attached hydrogen (secondary N) is 1. The molecule has 19 heavy (non-hydrogen) atoms. The molecule has 2 N–H and O–H groups in total. The maximum Gasteiger partial charge on any atom is 0.322 e. The van der Waals surface area contributed by atoms with Gasteiger partial charge in [0, 0.05) is 19.3 Å². The Morgan fingerprint density at radius 2 is 2.26 bits per heavy atom. The quantitative estimate of drug-likeness (QED) is 0.598. The fourth-order valence-corrected chi connectivity index (χ4v) is 1.83. The molecular weight excluding hydrogens is 266 g/mol. The van der Waals surface area contributed by atoms with Crippen LogP contribution in [0.1, 0.15) is 26.2 Å². The molecular formula is C13H20ClN3O2. The van der Waals surface area contributed by atoms with Crippen molar-refractivity contribution in [1.82, 2.24) is 9.88 Å². The number of carbonyl (C=O) groups is 1. The van der Waals surface area contributed by atoms with Gasteiger partial charge in [-0.05, 0) is 18.6 Å². The third-order valence-electron chi connectivity index (χ3n) is 2.69. The topological polar surface area (TPSA) is 65.5 Å². The average molecular weight is 286 g/mol. The van der Waals surface area contributed by atoms with Crippen molar-refractivity contribution in [2.45, 2.75) is 26.2 Å². The smallest absolute Gasteiger partial charge is 0.322 e. The zero-order valence-corrected chi connectivity index (χ0v) is 11.9. The van der Waals surface area contributed by atoms with Crippen molar-refractivity contribution in [2.75, 3.05) is 25.0 Å². The molecule has 5 nitrogen and oxygen atoms in total. The number of hydrogen-bond donors (Lipinski definition) is 2. The average Bonchev–Trinajstić information content (AvgIpc) is 2.40. The first-order valence-corrected chi connectivity index (χ1v) is 6.84. The summed E-state index contributed by atoms with van der Waals surface area (Å²) in [6.45, 7) is 2.98. The summed E-state index contributed by atoms with van der Waals surface area (Å²) < 4.78 is 0. The van der Waals surface area contributed by atoms with E-state index in [1.54, 1.807) is 23.2 Å². The number of halogens is 1. The highest BCUT2D eigenvalue weighted by Crippen LogP contribution is 2.17.